The molecular weight excluding hydrogens is 361 g/mol. The maximum atomic E-state index is 13.2. The quantitative estimate of drug-likeness (QED) is 0.619. The van der Waals surface area contributed by atoms with Crippen LogP contribution in [0.15, 0.2) is 24.3 Å². The van der Waals surface area contributed by atoms with Crippen LogP contribution in [-0.2, 0) is 15.6 Å². The van der Waals surface area contributed by atoms with Crippen LogP contribution in [0.5, 0.6) is 0 Å². The van der Waals surface area contributed by atoms with E-state index in [0.29, 0.717) is 12.1 Å². The number of aliphatic hydroxyl groups is 1. The van der Waals surface area contributed by atoms with Crippen LogP contribution in [0.2, 0.25) is 0 Å². The molecule has 0 saturated carbocycles. The summed E-state index contributed by atoms with van der Waals surface area (Å²) in [4.78, 5) is 0. The molecule has 120 valence electrons. The molecule has 0 aliphatic heterocycles. The lowest BCUT2D eigenvalue weighted by Gasteiger charge is -2.35. The topological polar surface area (TPSA) is 66.4 Å². The third-order valence-corrected chi connectivity index (χ3v) is 3.58. The minimum atomic E-state index is -4.77. The van der Waals surface area contributed by atoms with Gasteiger partial charge in [-0.2, -0.15) is 17.6 Å². The van der Waals surface area contributed by atoms with Crippen molar-refractivity contribution in [2.45, 2.75) is 16.4 Å². The second-order valence-electron chi connectivity index (χ2n) is 4.16. The van der Waals surface area contributed by atoms with E-state index in [0.717, 1.165) is 18.4 Å². The van der Waals surface area contributed by atoms with Crippen LogP contribution in [0.1, 0.15) is 5.56 Å². The first-order valence-electron chi connectivity index (χ1n) is 5.12. The lowest BCUT2D eigenvalue weighted by molar-refractivity contribution is -0.224. The molecule has 1 rings (SSSR count). The zero-order chi connectivity index (χ0) is 16.7. The summed E-state index contributed by atoms with van der Waals surface area (Å²) < 4.78 is 76.6. The number of benzene rings is 1. The normalized spacial score (nSPS) is 14.1. The third-order valence-electron chi connectivity index (χ3n) is 2.43. The molecule has 0 saturated heterocycles. The molecule has 0 amide bonds. The Hall–Kier alpha value is -0.770. The fourth-order valence-corrected chi connectivity index (χ4v) is 2.55. The van der Waals surface area contributed by atoms with E-state index in [4.69, 9.17) is 0 Å². The van der Waals surface area contributed by atoms with Crippen molar-refractivity contribution in [1.82, 2.24) is 0 Å². The highest BCUT2D eigenvalue weighted by atomic mass is 35.5. The Balaban J connectivity index is 3.31. The highest BCUT2D eigenvalue weighted by Gasteiger charge is 2.67. The summed E-state index contributed by atoms with van der Waals surface area (Å²) in [7, 11) is -3.64. The van der Waals surface area contributed by atoms with Crippen LogP contribution in [0.4, 0.5) is 23.2 Å². The summed E-state index contributed by atoms with van der Waals surface area (Å²) in [6.07, 6.45) is 0.830. The lowest BCUT2D eigenvalue weighted by Crippen LogP contribution is -2.52. The molecule has 11 heteroatoms. The molecule has 21 heavy (non-hydrogen) atoms. The van der Waals surface area contributed by atoms with Crippen molar-refractivity contribution in [3.8, 4) is 0 Å². The predicted octanol–water partition coefficient (Wildman–Crippen LogP) is 2.91. The number of rotatable bonds is 5. The van der Waals surface area contributed by atoms with Crippen molar-refractivity contribution in [3.05, 3.63) is 29.8 Å². The van der Waals surface area contributed by atoms with Crippen LogP contribution in [-0.4, -0.2) is 30.5 Å². The highest BCUT2D eigenvalue weighted by molar-refractivity contribution is 7.92. The van der Waals surface area contributed by atoms with Gasteiger partial charge in [0.2, 0.25) is 15.6 Å². The minimum absolute atomic E-state index is 0.0839. The van der Waals surface area contributed by atoms with Crippen LogP contribution >= 0.6 is 23.2 Å². The lowest BCUT2D eigenvalue weighted by atomic mass is 9.94. The van der Waals surface area contributed by atoms with Gasteiger partial charge in [-0.05, 0) is 40.9 Å². The van der Waals surface area contributed by atoms with E-state index >= 15 is 0 Å². The molecular formula is C10H9Cl2F4NO3S. The largest absolute Gasteiger partial charge is 0.372 e. The van der Waals surface area contributed by atoms with Gasteiger partial charge in [-0.25, -0.2) is 8.42 Å². The van der Waals surface area contributed by atoms with Crippen molar-refractivity contribution >= 4 is 38.9 Å². The molecule has 0 unspecified atom stereocenters. The maximum absolute atomic E-state index is 13.2. The fraction of sp³-hybridized carbons (Fsp3) is 0.400. The summed E-state index contributed by atoms with van der Waals surface area (Å²) in [5.74, 6) is 0. The Bertz CT molecular complexity index is 597. The van der Waals surface area contributed by atoms with Crippen molar-refractivity contribution in [2.24, 2.45) is 0 Å². The van der Waals surface area contributed by atoms with Gasteiger partial charge in [0.1, 0.15) is 0 Å². The van der Waals surface area contributed by atoms with Gasteiger partial charge >= 0.3 is 10.8 Å². The van der Waals surface area contributed by atoms with Gasteiger partial charge < -0.3 is 5.11 Å². The Morgan fingerprint density at radius 2 is 1.43 bits per heavy atom. The van der Waals surface area contributed by atoms with Crippen LogP contribution in [0, 0.1) is 0 Å². The van der Waals surface area contributed by atoms with E-state index in [-0.39, 0.29) is 5.69 Å². The predicted molar refractivity (Wildman–Crippen MR) is 70.4 cm³/mol. The molecule has 1 aromatic rings. The van der Waals surface area contributed by atoms with Crippen LogP contribution in [0.25, 0.3) is 0 Å². The molecule has 0 aromatic heterocycles. The number of nitrogens with one attached hydrogen (secondary N) is 1. The molecule has 0 atom stereocenters. The molecule has 0 spiro atoms. The van der Waals surface area contributed by atoms with E-state index in [1.54, 1.807) is 0 Å². The highest BCUT2D eigenvalue weighted by Crippen LogP contribution is 2.52. The second kappa shape index (κ2) is 5.45. The van der Waals surface area contributed by atoms with Crippen molar-refractivity contribution in [1.29, 1.82) is 0 Å². The number of hydrogen-bond acceptors (Lipinski definition) is 3. The Labute approximate surface area is 127 Å². The number of anilines is 1. The number of halogens is 6. The zero-order valence-electron chi connectivity index (χ0n) is 10.2. The van der Waals surface area contributed by atoms with Gasteiger partial charge in [0.15, 0.2) is 0 Å². The molecule has 0 aliphatic rings. The Morgan fingerprint density at radius 3 is 1.71 bits per heavy atom. The molecule has 2 N–H and O–H groups in total. The van der Waals surface area contributed by atoms with Crippen molar-refractivity contribution in [2.75, 3.05) is 11.0 Å². The summed E-state index contributed by atoms with van der Waals surface area (Å²) in [6.45, 7) is 0. The van der Waals surface area contributed by atoms with E-state index in [2.05, 4.69) is 23.2 Å². The Morgan fingerprint density at radius 1 is 1.05 bits per heavy atom. The standard InChI is InChI=1S/C10H9Cl2F4NO3S/c1-21(19,20)17-7-4-2-6(3-5-7)8(18,9(11,13)14)10(12,15)16/h2-5,17-18H,1H3. The van der Waals surface area contributed by atoms with Gasteiger partial charge in [0, 0.05) is 5.69 Å². The molecule has 0 radical (unpaired) electrons. The maximum Gasteiger partial charge on any atom is 0.361 e. The van der Waals surface area contributed by atoms with Gasteiger partial charge in [-0.1, -0.05) is 12.1 Å². The van der Waals surface area contributed by atoms with Gasteiger partial charge in [-0.3, -0.25) is 4.72 Å². The number of sulfonamides is 1. The van der Waals surface area contributed by atoms with Crippen LogP contribution < -0.4 is 4.72 Å². The second-order valence-corrected chi connectivity index (χ2v) is 6.86. The molecule has 1 aromatic carbocycles. The summed E-state index contributed by atoms with van der Waals surface area (Å²) in [5.41, 5.74) is -5.24. The summed E-state index contributed by atoms with van der Waals surface area (Å²) >= 11 is 9.09. The van der Waals surface area contributed by atoms with Crippen molar-refractivity contribution < 1.29 is 31.1 Å². The molecule has 0 aliphatic carbocycles. The molecule has 4 nitrogen and oxygen atoms in total. The average molecular weight is 370 g/mol. The van der Waals surface area contributed by atoms with Crippen molar-refractivity contribution in [3.63, 3.8) is 0 Å². The first kappa shape index (κ1) is 18.3. The first-order valence-corrected chi connectivity index (χ1v) is 7.77. The molecule has 0 heterocycles. The fourth-order valence-electron chi connectivity index (χ4n) is 1.48. The molecule has 0 fully saturated rings. The average Bonchev–Trinajstić information content (AvgIpc) is 2.23. The SMILES string of the molecule is CS(=O)(=O)Nc1ccc(C(O)(C(F)(F)Cl)C(F)(F)Cl)cc1. The first-order chi connectivity index (χ1) is 9.18. The number of alkyl halides is 6. The summed E-state index contributed by atoms with van der Waals surface area (Å²) in [5, 5.41) is 0.0290. The van der Waals surface area contributed by atoms with Crippen LogP contribution in [0.3, 0.4) is 0 Å². The zero-order valence-corrected chi connectivity index (χ0v) is 12.6. The van der Waals surface area contributed by atoms with E-state index in [1.807, 2.05) is 4.72 Å². The van der Waals surface area contributed by atoms with Gasteiger partial charge in [-0.15, -0.1) is 0 Å². The van der Waals surface area contributed by atoms with E-state index < -0.39 is 32.0 Å². The number of hydrogen-bond donors (Lipinski definition) is 2. The van der Waals surface area contributed by atoms with E-state index in [9.17, 15) is 31.1 Å². The summed E-state index contributed by atoms with van der Waals surface area (Å²) in [6, 6.07) is 3.10. The minimum Gasteiger partial charge on any atom is -0.372 e. The Kier molecular flexibility index (Phi) is 4.75. The molecule has 0 bridgehead atoms. The third kappa shape index (κ3) is 3.91. The van der Waals surface area contributed by atoms with Gasteiger partial charge in [0.05, 0.1) is 6.26 Å². The monoisotopic (exact) mass is 369 g/mol. The smallest absolute Gasteiger partial charge is 0.361 e. The van der Waals surface area contributed by atoms with E-state index in [1.165, 1.54) is 0 Å². The van der Waals surface area contributed by atoms with Gasteiger partial charge in [0.25, 0.3) is 0 Å².